The Hall–Kier alpha value is -1.58. The van der Waals surface area contributed by atoms with Crippen molar-refractivity contribution in [1.29, 1.82) is 0 Å². The van der Waals surface area contributed by atoms with E-state index < -0.39 is 0 Å². The van der Waals surface area contributed by atoms with Crippen molar-refractivity contribution in [3.63, 3.8) is 0 Å². The number of fused-ring (bicyclic) bond motifs is 1. The van der Waals surface area contributed by atoms with Crippen molar-refractivity contribution in [3.05, 3.63) is 48.0 Å². The van der Waals surface area contributed by atoms with Crippen LogP contribution in [0.2, 0.25) is 0 Å². The van der Waals surface area contributed by atoms with Gasteiger partial charge in [-0.15, -0.1) is 12.4 Å². The number of carbonyl (C=O) groups is 1. The highest BCUT2D eigenvalue weighted by atomic mass is 35.5. The molecule has 4 heteroatoms. The first-order chi connectivity index (χ1) is 10.1. The molecule has 0 fully saturated rings. The van der Waals surface area contributed by atoms with E-state index in [9.17, 15) is 4.79 Å². The summed E-state index contributed by atoms with van der Waals surface area (Å²) in [4.78, 5) is 14.0. The number of rotatable bonds is 6. The van der Waals surface area contributed by atoms with E-state index in [0.29, 0.717) is 0 Å². The molecule has 0 aliphatic heterocycles. The molecule has 1 unspecified atom stereocenters. The minimum atomic E-state index is 0. The van der Waals surface area contributed by atoms with Gasteiger partial charge in [-0.3, -0.25) is 4.79 Å². The van der Waals surface area contributed by atoms with E-state index in [1.807, 2.05) is 25.9 Å². The van der Waals surface area contributed by atoms with Crippen LogP contribution in [0.3, 0.4) is 0 Å². The maximum atomic E-state index is 12.2. The normalized spacial score (nSPS) is 11.8. The molecular formula is C18H25ClN2O. The topological polar surface area (TPSA) is 32.3 Å². The minimum Gasteiger partial charge on any atom is -0.345 e. The van der Waals surface area contributed by atoms with E-state index >= 15 is 0 Å². The molecule has 0 saturated carbocycles. The van der Waals surface area contributed by atoms with Crippen molar-refractivity contribution in [3.8, 4) is 0 Å². The molecule has 2 aromatic rings. The Morgan fingerprint density at radius 2 is 1.86 bits per heavy atom. The summed E-state index contributed by atoms with van der Waals surface area (Å²) in [5.41, 5.74) is 1.30. The van der Waals surface area contributed by atoms with Crippen molar-refractivity contribution in [2.24, 2.45) is 5.92 Å². The highest BCUT2D eigenvalue weighted by molar-refractivity contribution is 5.86. The number of hydrogen-bond donors (Lipinski definition) is 1. The number of hydrogen-bond acceptors (Lipinski definition) is 2. The Balaban J connectivity index is 0.00000242. The first-order valence-electron chi connectivity index (χ1n) is 7.49. The summed E-state index contributed by atoms with van der Waals surface area (Å²) in [6.45, 7) is 3.44. The van der Waals surface area contributed by atoms with E-state index in [-0.39, 0.29) is 24.2 Å². The van der Waals surface area contributed by atoms with E-state index in [2.05, 4.69) is 47.8 Å². The third-order valence-corrected chi connectivity index (χ3v) is 3.90. The largest absolute Gasteiger partial charge is 0.345 e. The second kappa shape index (κ2) is 8.76. The summed E-state index contributed by atoms with van der Waals surface area (Å²) >= 11 is 0. The van der Waals surface area contributed by atoms with E-state index in [1.54, 1.807) is 0 Å². The summed E-state index contributed by atoms with van der Waals surface area (Å²) in [5.74, 6) is 0.220. The van der Waals surface area contributed by atoms with Crippen molar-refractivity contribution < 1.29 is 4.79 Å². The fourth-order valence-corrected chi connectivity index (χ4v) is 2.68. The van der Waals surface area contributed by atoms with E-state index in [0.717, 1.165) is 19.5 Å². The van der Waals surface area contributed by atoms with Crippen LogP contribution in [-0.2, 0) is 11.2 Å². The molecule has 0 aliphatic rings. The number of halogens is 1. The lowest BCUT2D eigenvalue weighted by molar-refractivity contribution is -0.133. The molecule has 0 aliphatic carbocycles. The number of nitrogens with zero attached hydrogens (tertiary/aromatic N) is 1. The molecule has 0 aromatic heterocycles. The van der Waals surface area contributed by atoms with Gasteiger partial charge in [0.1, 0.15) is 0 Å². The second-order valence-electron chi connectivity index (χ2n) is 5.61. The maximum Gasteiger partial charge on any atom is 0.226 e. The monoisotopic (exact) mass is 320 g/mol. The maximum absolute atomic E-state index is 12.2. The summed E-state index contributed by atoms with van der Waals surface area (Å²) < 4.78 is 0. The van der Waals surface area contributed by atoms with Gasteiger partial charge in [0.2, 0.25) is 5.91 Å². The number of carbonyl (C=O) groups excluding carboxylic acids is 1. The fourth-order valence-electron chi connectivity index (χ4n) is 2.68. The van der Waals surface area contributed by atoms with Crippen LogP contribution in [0.5, 0.6) is 0 Å². The number of benzene rings is 2. The third kappa shape index (κ3) is 4.46. The molecule has 1 atom stereocenters. The van der Waals surface area contributed by atoms with Crippen LogP contribution in [0, 0.1) is 5.92 Å². The van der Waals surface area contributed by atoms with Gasteiger partial charge < -0.3 is 10.2 Å². The lowest BCUT2D eigenvalue weighted by Gasteiger charge is -2.21. The summed E-state index contributed by atoms with van der Waals surface area (Å²) in [6.07, 6.45) is 0.885. The molecule has 1 N–H and O–H groups in total. The summed E-state index contributed by atoms with van der Waals surface area (Å²) in [5, 5.41) is 5.59. The highest BCUT2D eigenvalue weighted by Gasteiger charge is 2.16. The summed E-state index contributed by atoms with van der Waals surface area (Å²) in [7, 11) is 3.76. The molecule has 0 saturated heterocycles. The van der Waals surface area contributed by atoms with Gasteiger partial charge in [0.15, 0.2) is 0 Å². The Bertz CT molecular complexity index is 610. The van der Waals surface area contributed by atoms with Crippen LogP contribution >= 0.6 is 12.4 Å². The van der Waals surface area contributed by atoms with E-state index in [1.165, 1.54) is 16.3 Å². The standard InChI is InChI=1S/C18H24N2O.ClH/c1-14(13-19-2)18(21)20(3)12-11-16-9-6-8-15-7-4-5-10-17(15)16;/h4-10,14,19H,11-13H2,1-3H3;1H. The van der Waals surface area contributed by atoms with E-state index in [4.69, 9.17) is 0 Å². The number of amides is 1. The molecule has 2 rings (SSSR count). The van der Waals surface area contributed by atoms with Gasteiger partial charge in [0, 0.05) is 26.1 Å². The van der Waals surface area contributed by atoms with Crippen molar-refractivity contribution in [2.45, 2.75) is 13.3 Å². The molecule has 0 spiro atoms. The lowest BCUT2D eigenvalue weighted by Crippen LogP contribution is -2.37. The van der Waals surface area contributed by atoms with Crippen LogP contribution in [0.25, 0.3) is 10.8 Å². The van der Waals surface area contributed by atoms with Crippen LogP contribution in [0.4, 0.5) is 0 Å². The molecule has 0 heterocycles. The zero-order chi connectivity index (χ0) is 15.2. The zero-order valence-electron chi connectivity index (χ0n) is 13.5. The average molecular weight is 321 g/mol. The number of likely N-dealkylation sites (N-methyl/N-ethyl adjacent to an activating group) is 1. The van der Waals surface area contributed by atoms with Gasteiger partial charge in [-0.1, -0.05) is 49.4 Å². The molecule has 0 bridgehead atoms. The summed E-state index contributed by atoms with van der Waals surface area (Å²) in [6, 6.07) is 14.8. The Labute approximate surface area is 139 Å². The predicted octanol–water partition coefficient (Wildman–Crippen LogP) is 3.12. The Morgan fingerprint density at radius 3 is 2.59 bits per heavy atom. The SMILES string of the molecule is CNCC(C)C(=O)N(C)CCc1cccc2ccccc12.Cl. The van der Waals surface area contributed by atoms with Crippen molar-refractivity contribution >= 4 is 29.1 Å². The quantitative estimate of drug-likeness (QED) is 0.887. The molecule has 3 nitrogen and oxygen atoms in total. The van der Waals surface area contributed by atoms with Crippen molar-refractivity contribution in [1.82, 2.24) is 10.2 Å². The van der Waals surface area contributed by atoms with Gasteiger partial charge in [-0.2, -0.15) is 0 Å². The molecule has 2 aromatic carbocycles. The molecule has 1 amide bonds. The second-order valence-corrected chi connectivity index (χ2v) is 5.61. The first-order valence-corrected chi connectivity index (χ1v) is 7.49. The molecule has 0 radical (unpaired) electrons. The van der Waals surface area contributed by atoms with Crippen LogP contribution in [0.15, 0.2) is 42.5 Å². The predicted molar refractivity (Wildman–Crippen MR) is 95.6 cm³/mol. The van der Waals surface area contributed by atoms with Crippen LogP contribution in [-0.4, -0.2) is 38.0 Å². The highest BCUT2D eigenvalue weighted by Crippen LogP contribution is 2.19. The number of nitrogens with one attached hydrogen (secondary N) is 1. The third-order valence-electron chi connectivity index (χ3n) is 3.90. The Morgan fingerprint density at radius 1 is 1.18 bits per heavy atom. The first kappa shape index (κ1) is 18.5. The smallest absolute Gasteiger partial charge is 0.226 e. The fraction of sp³-hybridized carbons (Fsp3) is 0.389. The molecular weight excluding hydrogens is 296 g/mol. The average Bonchev–Trinajstić information content (AvgIpc) is 2.52. The van der Waals surface area contributed by atoms with Gasteiger partial charge in [0.05, 0.1) is 0 Å². The molecule has 120 valence electrons. The van der Waals surface area contributed by atoms with Crippen LogP contribution in [0.1, 0.15) is 12.5 Å². The minimum absolute atomic E-state index is 0. The van der Waals surface area contributed by atoms with Gasteiger partial charge in [-0.05, 0) is 29.8 Å². The van der Waals surface area contributed by atoms with Gasteiger partial charge in [0.25, 0.3) is 0 Å². The Kier molecular flexibility index (Phi) is 7.36. The van der Waals surface area contributed by atoms with Crippen molar-refractivity contribution in [2.75, 3.05) is 27.2 Å². The molecule has 22 heavy (non-hydrogen) atoms. The van der Waals surface area contributed by atoms with Gasteiger partial charge >= 0.3 is 0 Å². The zero-order valence-corrected chi connectivity index (χ0v) is 14.3. The van der Waals surface area contributed by atoms with Crippen LogP contribution < -0.4 is 5.32 Å². The van der Waals surface area contributed by atoms with Gasteiger partial charge in [-0.25, -0.2) is 0 Å². The lowest BCUT2D eigenvalue weighted by atomic mass is 10.0.